The van der Waals surface area contributed by atoms with E-state index >= 15 is 0 Å². The van der Waals surface area contributed by atoms with E-state index < -0.39 is 17.8 Å². The van der Waals surface area contributed by atoms with Crippen molar-refractivity contribution in [3.05, 3.63) is 90.6 Å². The Morgan fingerprint density at radius 3 is 2.48 bits per heavy atom. The second-order valence-electron chi connectivity index (χ2n) is 6.45. The number of carbonyl (C=O) groups is 2. The molecule has 8 heteroatoms. The van der Waals surface area contributed by atoms with Gasteiger partial charge in [0.1, 0.15) is 10.5 Å². The number of thiazole rings is 1. The van der Waals surface area contributed by atoms with Gasteiger partial charge in [0.2, 0.25) is 0 Å². The minimum Gasteiger partial charge on any atom is -0.465 e. The summed E-state index contributed by atoms with van der Waals surface area (Å²) < 4.78 is 25.8. The van der Waals surface area contributed by atoms with E-state index in [0.717, 1.165) is 16.9 Å². The van der Waals surface area contributed by atoms with Crippen LogP contribution in [0.3, 0.4) is 0 Å². The van der Waals surface area contributed by atoms with Crippen LogP contribution in [0.15, 0.2) is 53.3 Å². The van der Waals surface area contributed by atoms with Crippen LogP contribution in [0.2, 0.25) is 0 Å². The minimum atomic E-state index is -0.573. The van der Waals surface area contributed by atoms with Gasteiger partial charge in [0.15, 0.2) is 0 Å². The highest BCUT2D eigenvalue weighted by molar-refractivity contribution is 7.07. The molecule has 1 aromatic heterocycles. The molecular weight excluding hydrogens is 421 g/mol. The Balaban J connectivity index is 2.08. The zero-order valence-corrected chi connectivity index (χ0v) is 17.8. The number of hydrogen-bond donors (Lipinski definition) is 0. The molecule has 0 unspecified atom stereocenters. The molecule has 2 aromatic carbocycles. The maximum Gasteiger partial charge on any atom is 0.337 e. The predicted molar refractivity (Wildman–Crippen MR) is 116 cm³/mol. The summed E-state index contributed by atoms with van der Waals surface area (Å²) in [6.45, 7) is 2.05. The van der Waals surface area contributed by atoms with Gasteiger partial charge in [-0.05, 0) is 36.8 Å². The van der Waals surface area contributed by atoms with Gasteiger partial charge in [-0.1, -0.05) is 30.3 Å². The Bertz CT molecular complexity index is 1270. The van der Waals surface area contributed by atoms with E-state index in [2.05, 4.69) is 4.74 Å². The number of esters is 2. The van der Waals surface area contributed by atoms with Gasteiger partial charge in [-0.25, -0.2) is 14.0 Å². The van der Waals surface area contributed by atoms with Gasteiger partial charge in [-0.2, -0.15) is 0 Å². The van der Waals surface area contributed by atoms with Crippen LogP contribution in [0.4, 0.5) is 4.39 Å². The summed E-state index contributed by atoms with van der Waals surface area (Å²) in [6, 6.07) is 12.7. The molecule has 1 heterocycles. The molecule has 0 spiro atoms. The van der Waals surface area contributed by atoms with Gasteiger partial charge in [-0.15, -0.1) is 11.3 Å². The van der Waals surface area contributed by atoms with Crippen molar-refractivity contribution < 1.29 is 23.5 Å². The number of nitrogens with zero attached hydrogens (tertiary/aromatic N) is 1. The molecule has 6 nitrogen and oxygen atoms in total. The molecule has 0 fully saturated rings. The van der Waals surface area contributed by atoms with E-state index in [-0.39, 0.29) is 28.8 Å². The van der Waals surface area contributed by atoms with Crippen LogP contribution in [0.25, 0.3) is 12.2 Å². The largest absolute Gasteiger partial charge is 0.465 e. The Kier molecular flexibility index (Phi) is 7.15. The molecule has 3 aromatic rings. The molecule has 0 aliphatic rings. The summed E-state index contributed by atoms with van der Waals surface area (Å²) in [5.41, 5.74) is 1.04. The lowest BCUT2D eigenvalue weighted by Gasteiger charge is -2.04. The zero-order valence-electron chi connectivity index (χ0n) is 17.0. The van der Waals surface area contributed by atoms with E-state index in [1.165, 1.54) is 29.9 Å². The number of methoxy groups -OCH3 is 1. The summed E-state index contributed by atoms with van der Waals surface area (Å²) in [5.74, 6) is -1.48. The summed E-state index contributed by atoms with van der Waals surface area (Å²) in [7, 11) is 1.30. The Morgan fingerprint density at radius 1 is 1.13 bits per heavy atom. The molecule has 0 saturated carbocycles. The molecule has 0 aliphatic carbocycles. The average Bonchev–Trinajstić information content (AvgIpc) is 3.04. The monoisotopic (exact) mass is 441 g/mol. The van der Waals surface area contributed by atoms with Gasteiger partial charge in [0.25, 0.3) is 5.56 Å². The van der Waals surface area contributed by atoms with E-state index in [1.54, 1.807) is 49.4 Å². The van der Waals surface area contributed by atoms with Crippen molar-refractivity contribution in [3.63, 3.8) is 0 Å². The number of aromatic nitrogens is 1. The summed E-state index contributed by atoms with van der Waals surface area (Å²) in [4.78, 5) is 36.7. The van der Waals surface area contributed by atoms with E-state index in [0.29, 0.717) is 10.2 Å². The van der Waals surface area contributed by atoms with Gasteiger partial charge >= 0.3 is 11.9 Å². The number of halogens is 1. The highest BCUT2D eigenvalue weighted by atomic mass is 32.1. The fourth-order valence-corrected chi connectivity index (χ4v) is 3.88. The van der Waals surface area contributed by atoms with Crippen molar-refractivity contribution >= 4 is 35.4 Å². The molecule has 0 amide bonds. The van der Waals surface area contributed by atoms with Crippen LogP contribution < -0.4 is 14.8 Å². The third-order valence-corrected chi connectivity index (χ3v) is 5.43. The van der Waals surface area contributed by atoms with Gasteiger partial charge < -0.3 is 9.47 Å². The highest BCUT2D eigenvalue weighted by Crippen LogP contribution is 2.08. The van der Waals surface area contributed by atoms with Crippen LogP contribution >= 0.6 is 11.3 Å². The zero-order chi connectivity index (χ0) is 22.4. The molecule has 0 radical (unpaired) electrons. The number of carbonyl (C=O) groups excluding carboxylic acids is 2. The van der Waals surface area contributed by atoms with Crippen molar-refractivity contribution in [1.82, 2.24) is 4.57 Å². The fraction of sp³-hybridized carbons (Fsp3) is 0.174. The molecule has 160 valence electrons. The summed E-state index contributed by atoms with van der Waals surface area (Å²) >= 11 is 1.07. The maximum atomic E-state index is 14.0. The lowest BCUT2D eigenvalue weighted by atomic mass is 10.1. The maximum absolute atomic E-state index is 14.0. The van der Waals surface area contributed by atoms with E-state index in [1.807, 2.05) is 0 Å². The number of hydrogen-bond acceptors (Lipinski definition) is 6. The van der Waals surface area contributed by atoms with Crippen LogP contribution in [-0.2, 0) is 20.8 Å². The first-order valence-electron chi connectivity index (χ1n) is 9.44. The predicted octanol–water partition coefficient (Wildman–Crippen LogP) is 2.06. The topological polar surface area (TPSA) is 74.6 Å². The smallest absolute Gasteiger partial charge is 0.337 e. The molecule has 31 heavy (non-hydrogen) atoms. The van der Waals surface area contributed by atoms with Crippen LogP contribution in [0.1, 0.15) is 28.4 Å². The minimum absolute atomic E-state index is 0.160. The first-order chi connectivity index (χ1) is 14.9. The fourth-order valence-electron chi connectivity index (χ4n) is 2.86. The Morgan fingerprint density at radius 2 is 1.84 bits per heavy atom. The molecule has 0 aliphatic heterocycles. The number of benzene rings is 2. The van der Waals surface area contributed by atoms with Crippen molar-refractivity contribution in [2.75, 3.05) is 13.7 Å². The summed E-state index contributed by atoms with van der Waals surface area (Å²) in [5, 5.41) is 0. The summed E-state index contributed by atoms with van der Waals surface area (Å²) in [6.07, 6.45) is 2.71. The third kappa shape index (κ3) is 5.35. The van der Waals surface area contributed by atoms with Gasteiger partial charge in [0, 0.05) is 5.56 Å². The Labute approximate surface area is 181 Å². The van der Waals surface area contributed by atoms with Crippen molar-refractivity contribution in [3.8, 4) is 0 Å². The van der Waals surface area contributed by atoms with Gasteiger partial charge in [-0.3, -0.25) is 9.36 Å². The third-order valence-electron chi connectivity index (χ3n) is 4.37. The van der Waals surface area contributed by atoms with Gasteiger partial charge in [0.05, 0.1) is 36.4 Å². The van der Waals surface area contributed by atoms with Crippen molar-refractivity contribution in [2.45, 2.75) is 13.5 Å². The molecule has 3 rings (SSSR count). The quantitative estimate of drug-likeness (QED) is 0.548. The van der Waals surface area contributed by atoms with E-state index in [4.69, 9.17) is 4.74 Å². The number of rotatable bonds is 6. The SMILES string of the molecule is CCOC(=O)/C=c1\s/c(=C\c2ccccc2F)c(=O)n1Cc1ccc(C(=O)OC)cc1. The van der Waals surface area contributed by atoms with Crippen LogP contribution in [0, 0.1) is 5.82 Å². The first kappa shape index (κ1) is 22.2. The molecule has 0 bridgehead atoms. The van der Waals surface area contributed by atoms with Crippen molar-refractivity contribution in [2.24, 2.45) is 0 Å². The molecular formula is C23H20FNO5S. The standard InChI is InChI=1S/C23H20FNO5S/c1-3-30-21(26)13-20-25(14-15-8-10-16(11-9-15)23(28)29-2)22(27)19(31-20)12-17-6-4-5-7-18(17)24/h4-13H,3,14H2,1-2H3/b19-12-,20-13-. The first-order valence-corrected chi connectivity index (χ1v) is 10.3. The van der Waals surface area contributed by atoms with Crippen LogP contribution in [-0.4, -0.2) is 30.2 Å². The molecule has 0 N–H and O–H groups in total. The second-order valence-corrected chi connectivity index (χ2v) is 7.51. The average molecular weight is 441 g/mol. The van der Waals surface area contributed by atoms with E-state index in [9.17, 15) is 18.8 Å². The second kappa shape index (κ2) is 9.99. The molecule has 0 saturated heterocycles. The van der Waals surface area contributed by atoms with Crippen molar-refractivity contribution in [1.29, 1.82) is 0 Å². The lowest BCUT2D eigenvalue weighted by molar-refractivity contribution is -0.135. The Hall–Kier alpha value is -3.52. The van der Waals surface area contributed by atoms with Crippen LogP contribution in [0.5, 0.6) is 0 Å². The lowest BCUT2D eigenvalue weighted by Crippen LogP contribution is -2.32. The molecule has 0 atom stereocenters. The normalized spacial score (nSPS) is 12.1. The highest BCUT2D eigenvalue weighted by Gasteiger charge is 2.10. The number of ether oxygens (including phenoxy) is 2.